The number of hydrogen-bond acceptors (Lipinski definition) is 0. The molecule has 0 aliphatic carbocycles. The van der Waals surface area contributed by atoms with Crippen LogP contribution in [0, 0.1) is 62.3 Å². The van der Waals surface area contributed by atoms with Crippen LogP contribution < -0.4 is 16.4 Å². The molecule has 4 rings (SSSR count). The SMILES string of the molecule is [B][B]B([B])c1c(B([B])[B])c(C)c2c3c(C)c([B][B])c(C)c(C)c3c3c(C)c(C)c(C)c(C)c3c2c1C. The minimum Gasteiger partial charge on any atom is -0.102 e. The van der Waals surface area contributed by atoms with E-state index in [-0.39, 0.29) is 0 Å². The topological polar surface area (TPSA) is 0 Å². The first-order valence-electron chi connectivity index (χ1n) is 12.6. The summed E-state index contributed by atoms with van der Waals surface area (Å²) in [4.78, 5) is 0. The summed E-state index contributed by atoms with van der Waals surface area (Å²) in [5.41, 5.74) is 13.8. The summed E-state index contributed by atoms with van der Waals surface area (Å²) in [5, 5.41) is 7.44. The van der Waals surface area contributed by atoms with E-state index in [4.69, 9.17) is 38.7 Å². The average molecular weight is 449 g/mol. The van der Waals surface area contributed by atoms with Gasteiger partial charge in [-0.3, -0.25) is 0 Å². The maximum atomic E-state index is 6.58. The largest absolute Gasteiger partial charge is 0.102 e. The fraction of sp³-hybridized carbons (Fsp3) is 0.333. The van der Waals surface area contributed by atoms with Crippen molar-refractivity contribution in [3.63, 3.8) is 0 Å². The van der Waals surface area contributed by atoms with Gasteiger partial charge in [-0.1, -0.05) is 22.2 Å². The van der Waals surface area contributed by atoms with Gasteiger partial charge in [-0.2, -0.15) is 0 Å². The van der Waals surface area contributed by atoms with E-state index in [2.05, 4.69) is 62.3 Å². The summed E-state index contributed by atoms with van der Waals surface area (Å²) < 4.78 is 0. The van der Waals surface area contributed by atoms with Crippen molar-refractivity contribution < 1.29 is 0 Å². The second-order valence-corrected chi connectivity index (χ2v) is 10.5. The van der Waals surface area contributed by atoms with Gasteiger partial charge in [0.2, 0.25) is 0 Å². The molecule has 12 radical (unpaired) electrons. The van der Waals surface area contributed by atoms with Gasteiger partial charge >= 0.3 is 0 Å². The fourth-order valence-corrected chi connectivity index (χ4v) is 6.62. The molecule has 4 aromatic carbocycles. The van der Waals surface area contributed by atoms with Gasteiger partial charge in [0, 0.05) is 45.7 Å². The summed E-state index contributed by atoms with van der Waals surface area (Å²) in [7, 11) is 34.8. The molecule has 0 heterocycles. The molecule has 0 spiro atoms. The molecule has 36 heavy (non-hydrogen) atoms. The van der Waals surface area contributed by atoms with Crippen molar-refractivity contribution in [2.45, 2.75) is 62.3 Å². The predicted octanol–water partition coefficient (Wildman–Crippen LogP) is 2.02. The van der Waals surface area contributed by atoms with Crippen LogP contribution in [-0.4, -0.2) is 65.9 Å². The molecule has 0 unspecified atom stereocenters. The zero-order valence-electron chi connectivity index (χ0n) is 23.2. The lowest BCUT2D eigenvalue weighted by atomic mass is 9.01. The molecule has 0 aliphatic rings. The number of rotatable bonds is 4. The first kappa shape index (κ1) is 27.3. The van der Waals surface area contributed by atoms with Gasteiger partial charge in [0.15, 0.2) is 0 Å². The highest BCUT2D eigenvalue weighted by atomic mass is 14.3. The quantitative estimate of drug-likeness (QED) is 0.331. The summed E-state index contributed by atoms with van der Waals surface area (Å²) in [6, 6.07) is 0. The Bertz CT molecular complexity index is 1590. The van der Waals surface area contributed by atoms with Gasteiger partial charge in [0.25, 0.3) is 0 Å². The highest BCUT2D eigenvalue weighted by Gasteiger charge is 2.27. The van der Waals surface area contributed by atoms with Crippen molar-refractivity contribution in [1.82, 2.24) is 0 Å². The van der Waals surface area contributed by atoms with Gasteiger partial charge in [-0.25, -0.2) is 0 Å². The van der Waals surface area contributed by atoms with E-state index in [0.29, 0.717) is 0 Å². The zero-order chi connectivity index (χ0) is 27.0. The predicted molar refractivity (Wildman–Crippen MR) is 172 cm³/mol. The maximum Gasteiger partial charge on any atom is 0.0964 e. The molecule has 0 amide bonds. The molecule has 4 aromatic rings. The van der Waals surface area contributed by atoms with Crippen LogP contribution >= 0.6 is 0 Å². The molecule has 162 valence electrons. The van der Waals surface area contributed by atoms with Gasteiger partial charge in [-0.15, -0.1) is 10.9 Å². The molecular formula is C27H27B9. The van der Waals surface area contributed by atoms with Gasteiger partial charge < -0.3 is 0 Å². The molecule has 0 saturated carbocycles. The Hall–Kier alpha value is -1.76. The van der Waals surface area contributed by atoms with Crippen molar-refractivity contribution in [3.8, 4) is 0 Å². The van der Waals surface area contributed by atoms with Crippen molar-refractivity contribution in [2.75, 3.05) is 0 Å². The Labute approximate surface area is 226 Å². The Morgan fingerprint density at radius 3 is 1.19 bits per heavy atom. The number of hydrogen-bond donors (Lipinski definition) is 0. The van der Waals surface area contributed by atoms with Gasteiger partial charge in [-0.05, 0) is 128 Å². The van der Waals surface area contributed by atoms with Crippen molar-refractivity contribution in [1.29, 1.82) is 0 Å². The Morgan fingerprint density at radius 2 is 0.806 bits per heavy atom. The van der Waals surface area contributed by atoms with Crippen molar-refractivity contribution in [2.24, 2.45) is 0 Å². The van der Waals surface area contributed by atoms with E-state index in [1.54, 1.807) is 7.17 Å². The Balaban J connectivity index is 2.61. The van der Waals surface area contributed by atoms with Crippen LogP contribution in [0.4, 0.5) is 0 Å². The van der Waals surface area contributed by atoms with Crippen LogP contribution in [0.3, 0.4) is 0 Å². The third-order valence-electron chi connectivity index (χ3n) is 8.95. The van der Waals surface area contributed by atoms with Gasteiger partial charge in [0.05, 0.1) is 20.2 Å². The van der Waals surface area contributed by atoms with Crippen molar-refractivity contribution in [3.05, 3.63) is 50.1 Å². The molecule has 0 N–H and O–H groups in total. The number of aryl methyl sites for hydroxylation is 6. The summed E-state index contributed by atoms with van der Waals surface area (Å²) in [6.45, 7) is 18.6. The first-order valence-corrected chi connectivity index (χ1v) is 12.6. The number of fused-ring (bicyclic) bond motifs is 6. The van der Waals surface area contributed by atoms with Gasteiger partial charge in [0.1, 0.15) is 0 Å². The lowest BCUT2D eigenvalue weighted by Crippen LogP contribution is -2.55. The Kier molecular flexibility index (Phi) is 7.22. The lowest BCUT2D eigenvalue weighted by molar-refractivity contribution is 1.25. The molecule has 0 nitrogen and oxygen atoms in total. The minimum absolute atomic E-state index is 0.481. The molecule has 0 bridgehead atoms. The van der Waals surface area contributed by atoms with Crippen molar-refractivity contribution >= 4 is 115 Å². The monoisotopic (exact) mass is 450 g/mol. The molecule has 0 aromatic heterocycles. The standard InChI is InChI=1S/C27H27B9/c1-10-11(2)13(4)20-19(12(10)3)21-14(5)15(6)25(33-28)16(7)22(21)23-17(8)26(35(30)31)27(36(32)34-29)18(9)24(20)23/h1-9H3. The minimum atomic E-state index is -0.685. The molecular weight excluding hydrogens is 422 g/mol. The highest BCUT2D eigenvalue weighted by molar-refractivity contribution is 7.52. The second kappa shape index (κ2) is 9.52. The van der Waals surface area contributed by atoms with E-state index < -0.39 is 13.0 Å². The van der Waals surface area contributed by atoms with E-state index >= 15 is 0 Å². The first-order chi connectivity index (χ1) is 16.8. The summed E-state index contributed by atoms with van der Waals surface area (Å²) in [6.07, 6.45) is 0. The Morgan fingerprint density at radius 1 is 0.444 bits per heavy atom. The van der Waals surface area contributed by atoms with Crippen LogP contribution in [0.1, 0.15) is 50.1 Å². The van der Waals surface area contributed by atoms with E-state index in [0.717, 1.165) is 27.5 Å². The van der Waals surface area contributed by atoms with Crippen LogP contribution in [0.25, 0.3) is 32.3 Å². The normalized spacial score (nSPS) is 11.5. The third-order valence-corrected chi connectivity index (χ3v) is 8.95. The molecule has 0 aliphatic heterocycles. The summed E-state index contributed by atoms with van der Waals surface area (Å²) >= 11 is 0. The second-order valence-electron chi connectivity index (χ2n) is 10.5. The highest BCUT2D eigenvalue weighted by Crippen LogP contribution is 2.44. The van der Waals surface area contributed by atoms with Crippen LogP contribution in [0.15, 0.2) is 0 Å². The average Bonchev–Trinajstić information content (AvgIpc) is 2.84. The third kappa shape index (κ3) is 3.54. The molecule has 0 fully saturated rings. The molecule has 0 atom stereocenters. The van der Waals surface area contributed by atoms with E-state index in [1.807, 2.05) is 0 Å². The lowest BCUT2D eigenvalue weighted by Gasteiger charge is -2.30. The summed E-state index contributed by atoms with van der Waals surface area (Å²) in [5.74, 6) is 0. The fourth-order valence-electron chi connectivity index (χ4n) is 6.62. The van der Waals surface area contributed by atoms with Crippen LogP contribution in [-0.2, 0) is 0 Å². The molecule has 9 heteroatoms. The number of benzene rings is 4. The van der Waals surface area contributed by atoms with E-state index in [1.165, 1.54) is 78.3 Å². The maximum absolute atomic E-state index is 6.58. The zero-order valence-corrected chi connectivity index (χ0v) is 23.2. The molecule has 0 saturated heterocycles. The van der Waals surface area contributed by atoms with Crippen LogP contribution in [0.2, 0.25) is 0 Å². The van der Waals surface area contributed by atoms with Crippen LogP contribution in [0.5, 0.6) is 0 Å². The smallest absolute Gasteiger partial charge is 0.0964 e. The van der Waals surface area contributed by atoms with E-state index in [9.17, 15) is 0 Å².